The maximum atomic E-state index is 13.2. The fraction of sp³-hybridized carbons (Fsp3) is 0.571. The third-order valence-electron chi connectivity index (χ3n) is 3.98. The fourth-order valence-corrected chi connectivity index (χ4v) is 2.53. The average Bonchev–Trinajstić information content (AvgIpc) is 2.35. The Bertz CT molecular complexity index is 428. The molecule has 1 aromatic rings. The second kappa shape index (κ2) is 6.64. The van der Waals surface area contributed by atoms with Crippen LogP contribution in [-0.2, 0) is 0 Å². The van der Waals surface area contributed by atoms with Crippen LogP contribution in [0, 0.1) is 17.6 Å². The van der Waals surface area contributed by atoms with Gasteiger partial charge in [-0.15, -0.1) is 12.4 Å². The number of likely N-dealkylation sites (tertiary alicyclic amines) is 1. The molecule has 19 heavy (non-hydrogen) atoms. The van der Waals surface area contributed by atoms with Crippen LogP contribution in [-0.4, -0.2) is 24.0 Å². The summed E-state index contributed by atoms with van der Waals surface area (Å²) in [6.07, 6.45) is 0.954. The molecule has 2 nitrogen and oxygen atoms in total. The Kier molecular flexibility index (Phi) is 5.71. The minimum absolute atomic E-state index is 0. The van der Waals surface area contributed by atoms with Crippen LogP contribution in [0.3, 0.4) is 0 Å². The molecule has 3 atom stereocenters. The number of hydrogen-bond donors (Lipinski definition) is 1. The Hall–Kier alpha value is -0.710. The molecule has 1 aliphatic heterocycles. The van der Waals surface area contributed by atoms with Crippen molar-refractivity contribution in [2.75, 3.05) is 13.1 Å². The monoisotopic (exact) mass is 290 g/mol. The maximum Gasteiger partial charge on any atom is 0.159 e. The van der Waals surface area contributed by atoms with E-state index in [1.54, 1.807) is 6.07 Å². The third-order valence-corrected chi connectivity index (χ3v) is 3.98. The molecular weight excluding hydrogens is 270 g/mol. The van der Waals surface area contributed by atoms with E-state index in [4.69, 9.17) is 5.73 Å². The summed E-state index contributed by atoms with van der Waals surface area (Å²) in [4.78, 5) is 2.28. The van der Waals surface area contributed by atoms with Crippen LogP contribution in [0.4, 0.5) is 8.78 Å². The lowest BCUT2D eigenvalue weighted by atomic mass is 9.92. The summed E-state index contributed by atoms with van der Waals surface area (Å²) in [6, 6.07) is 4.48. The van der Waals surface area contributed by atoms with Crippen LogP contribution in [0.25, 0.3) is 0 Å². The highest BCUT2D eigenvalue weighted by Gasteiger charge is 2.26. The first-order valence-corrected chi connectivity index (χ1v) is 6.43. The summed E-state index contributed by atoms with van der Waals surface area (Å²) in [5.74, 6) is -1.13. The molecule has 1 fully saturated rings. The van der Waals surface area contributed by atoms with Crippen LogP contribution < -0.4 is 5.73 Å². The quantitative estimate of drug-likeness (QED) is 0.907. The van der Waals surface area contributed by atoms with E-state index in [-0.39, 0.29) is 24.5 Å². The topological polar surface area (TPSA) is 29.3 Å². The summed E-state index contributed by atoms with van der Waals surface area (Å²) in [7, 11) is 0. The lowest BCUT2D eigenvalue weighted by Gasteiger charge is -2.38. The SMILES string of the molecule is CC1CN(C(C)c2ccc(F)c(F)c2)CCC1N.Cl. The minimum Gasteiger partial charge on any atom is -0.327 e. The van der Waals surface area contributed by atoms with Gasteiger partial charge in [-0.3, -0.25) is 4.90 Å². The van der Waals surface area contributed by atoms with E-state index in [1.165, 1.54) is 12.1 Å². The van der Waals surface area contributed by atoms with Crippen molar-refractivity contribution in [3.05, 3.63) is 35.4 Å². The number of hydrogen-bond acceptors (Lipinski definition) is 2. The molecule has 0 aromatic heterocycles. The van der Waals surface area contributed by atoms with E-state index < -0.39 is 11.6 Å². The van der Waals surface area contributed by atoms with Gasteiger partial charge in [-0.05, 0) is 37.0 Å². The molecule has 2 rings (SSSR count). The van der Waals surface area contributed by atoms with Crippen LogP contribution in [0.15, 0.2) is 18.2 Å². The Balaban J connectivity index is 0.00000180. The highest BCUT2D eigenvalue weighted by molar-refractivity contribution is 5.85. The van der Waals surface area contributed by atoms with Gasteiger partial charge in [-0.2, -0.15) is 0 Å². The van der Waals surface area contributed by atoms with Gasteiger partial charge in [0.25, 0.3) is 0 Å². The first kappa shape index (κ1) is 16.3. The summed E-state index contributed by atoms with van der Waals surface area (Å²) in [5.41, 5.74) is 6.80. The highest BCUT2D eigenvalue weighted by atomic mass is 35.5. The molecule has 0 radical (unpaired) electrons. The molecule has 1 heterocycles. The van der Waals surface area contributed by atoms with Crippen molar-refractivity contribution < 1.29 is 8.78 Å². The molecule has 0 bridgehead atoms. The van der Waals surface area contributed by atoms with E-state index in [9.17, 15) is 8.78 Å². The van der Waals surface area contributed by atoms with Gasteiger partial charge in [-0.1, -0.05) is 13.0 Å². The molecule has 5 heteroatoms. The molecule has 1 saturated heterocycles. The average molecular weight is 291 g/mol. The number of nitrogens with zero attached hydrogens (tertiary/aromatic N) is 1. The van der Waals surface area contributed by atoms with Crippen molar-refractivity contribution >= 4 is 12.4 Å². The van der Waals surface area contributed by atoms with Crippen LogP contribution in [0.5, 0.6) is 0 Å². The minimum atomic E-state index is -0.792. The van der Waals surface area contributed by atoms with Gasteiger partial charge in [0.05, 0.1) is 0 Å². The van der Waals surface area contributed by atoms with Gasteiger partial charge >= 0.3 is 0 Å². The van der Waals surface area contributed by atoms with Crippen molar-refractivity contribution in [3.63, 3.8) is 0 Å². The summed E-state index contributed by atoms with van der Waals surface area (Å²) in [6.45, 7) is 5.97. The smallest absolute Gasteiger partial charge is 0.159 e. The Morgan fingerprint density at radius 3 is 2.58 bits per heavy atom. The number of nitrogens with two attached hydrogens (primary N) is 1. The van der Waals surface area contributed by atoms with Gasteiger partial charge < -0.3 is 5.73 Å². The predicted molar refractivity (Wildman–Crippen MR) is 75.4 cm³/mol. The van der Waals surface area contributed by atoms with Gasteiger partial charge in [0.2, 0.25) is 0 Å². The zero-order valence-electron chi connectivity index (χ0n) is 11.3. The van der Waals surface area contributed by atoms with Crippen molar-refractivity contribution in [1.82, 2.24) is 4.90 Å². The molecule has 0 aliphatic carbocycles. The largest absolute Gasteiger partial charge is 0.327 e. The first-order valence-electron chi connectivity index (χ1n) is 6.43. The van der Waals surface area contributed by atoms with Crippen molar-refractivity contribution in [3.8, 4) is 0 Å². The van der Waals surface area contributed by atoms with Crippen LogP contribution in [0.2, 0.25) is 0 Å². The zero-order valence-corrected chi connectivity index (χ0v) is 12.1. The van der Waals surface area contributed by atoms with Gasteiger partial charge in [0.15, 0.2) is 11.6 Å². The lowest BCUT2D eigenvalue weighted by molar-refractivity contribution is 0.124. The summed E-state index contributed by atoms with van der Waals surface area (Å²) < 4.78 is 26.1. The van der Waals surface area contributed by atoms with Gasteiger partial charge in [-0.25, -0.2) is 8.78 Å². The van der Waals surface area contributed by atoms with Crippen LogP contribution in [0.1, 0.15) is 31.9 Å². The van der Waals surface area contributed by atoms with E-state index >= 15 is 0 Å². The summed E-state index contributed by atoms with van der Waals surface area (Å²) in [5, 5.41) is 0. The summed E-state index contributed by atoms with van der Waals surface area (Å²) >= 11 is 0. The molecule has 0 saturated carbocycles. The second-order valence-corrected chi connectivity index (χ2v) is 5.27. The van der Waals surface area contributed by atoms with E-state index in [1.807, 2.05) is 6.92 Å². The Labute approximate surface area is 119 Å². The molecule has 2 N–H and O–H groups in total. The standard InChI is InChI=1S/C14H20F2N2.ClH/c1-9-8-18(6-5-14(9)17)10(2)11-3-4-12(15)13(16)7-11;/h3-4,7,9-10,14H,5-6,8,17H2,1-2H3;1H. The van der Waals surface area contributed by atoms with Crippen LogP contribution >= 0.6 is 12.4 Å². The third kappa shape index (κ3) is 3.65. The van der Waals surface area contributed by atoms with E-state index in [2.05, 4.69) is 11.8 Å². The van der Waals surface area contributed by atoms with E-state index in [0.29, 0.717) is 5.92 Å². The molecule has 0 spiro atoms. The number of piperidine rings is 1. The molecule has 0 amide bonds. The van der Waals surface area contributed by atoms with Crippen molar-refractivity contribution in [2.24, 2.45) is 11.7 Å². The Morgan fingerprint density at radius 2 is 2.00 bits per heavy atom. The normalized spacial score (nSPS) is 25.7. The first-order chi connectivity index (χ1) is 8.49. The fourth-order valence-electron chi connectivity index (χ4n) is 2.53. The predicted octanol–water partition coefficient (Wildman–Crippen LogP) is 3.12. The molecule has 108 valence electrons. The zero-order chi connectivity index (χ0) is 13.3. The maximum absolute atomic E-state index is 13.2. The van der Waals surface area contributed by atoms with Crippen molar-refractivity contribution in [2.45, 2.75) is 32.4 Å². The van der Waals surface area contributed by atoms with Crippen molar-refractivity contribution in [1.29, 1.82) is 0 Å². The van der Waals surface area contributed by atoms with Gasteiger partial charge in [0, 0.05) is 25.2 Å². The Morgan fingerprint density at radius 1 is 1.32 bits per heavy atom. The molecular formula is C14H21ClF2N2. The highest BCUT2D eigenvalue weighted by Crippen LogP contribution is 2.26. The second-order valence-electron chi connectivity index (χ2n) is 5.27. The van der Waals surface area contributed by atoms with Gasteiger partial charge in [0.1, 0.15) is 0 Å². The number of rotatable bonds is 2. The number of benzene rings is 1. The molecule has 1 aliphatic rings. The molecule has 3 unspecified atom stereocenters. The lowest BCUT2D eigenvalue weighted by Crippen LogP contribution is -2.46. The molecule has 1 aromatic carbocycles. The van der Waals surface area contributed by atoms with E-state index in [0.717, 1.165) is 25.1 Å². The number of halogens is 3.